The van der Waals surface area contributed by atoms with Crippen molar-refractivity contribution in [3.63, 3.8) is 0 Å². The Bertz CT molecular complexity index is 430. The molecular weight excluding hydrogens is 278 g/mol. The first-order valence-electron chi connectivity index (χ1n) is 4.53. The number of hydrogen-bond donors (Lipinski definition) is 1. The van der Waals surface area contributed by atoms with E-state index in [4.69, 9.17) is 5.73 Å². The van der Waals surface area contributed by atoms with E-state index in [0.29, 0.717) is 0 Å². The largest absolute Gasteiger partial charge is 0.469 e. The summed E-state index contributed by atoms with van der Waals surface area (Å²) in [6.07, 6.45) is -0.590. The molecule has 0 fully saturated rings. The summed E-state index contributed by atoms with van der Waals surface area (Å²) in [6.45, 7) is 0. The lowest BCUT2D eigenvalue weighted by atomic mass is 10.0. The van der Waals surface area contributed by atoms with Crippen LogP contribution in [0.5, 0.6) is 0 Å². The number of ether oxygens (including phenoxy) is 1. The van der Waals surface area contributed by atoms with Crippen LogP contribution in [0.2, 0.25) is 0 Å². The van der Waals surface area contributed by atoms with Crippen LogP contribution >= 0.6 is 12.4 Å². The van der Waals surface area contributed by atoms with Gasteiger partial charge in [0.1, 0.15) is 0 Å². The van der Waals surface area contributed by atoms with E-state index in [-0.39, 0.29) is 18.5 Å². The Kier molecular flexibility index (Phi) is 6.07. The van der Waals surface area contributed by atoms with E-state index in [1.807, 2.05) is 0 Å². The molecule has 0 bridgehead atoms. The summed E-state index contributed by atoms with van der Waals surface area (Å²) >= 11 is 0. The molecule has 0 amide bonds. The number of hydrogen-bond acceptors (Lipinski definition) is 3. The molecule has 0 aliphatic rings. The second-order valence-corrected chi connectivity index (χ2v) is 3.27. The molecule has 0 unspecified atom stereocenters. The number of rotatable bonds is 3. The summed E-state index contributed by atoms with van der Waals surface area (Å²) in [4.78, 5) is 10.9. The summed E-state index contributed by atoms with van der Waals surface area (Å²) in [5.74, 6) is -7.21. The Balaban J connectivity index is 0.00000289. The zero-order valence-electron chi connectivity index (χ0n) is 9.18. The van der Waals surface area contributed by atoms with Gasteiger partial charge in [0, 0.05) is 17.7 Å². The zero-order chi connectivity index (χ0) is 13.2. The second kappa shape index (κ2) is 6.55. The minimum atomic E-state index is -1.61. The fourth-order valence-electron chi connectivity index (χ4n) is 1.28. The first-order valence-corrected chi connectivity index (χ1v) is 4.53. The highest BCUT2D eigenvalue weighted by molar-refractivity contribution is 5.85. The van der Waals surface area contributed by atoms with Crippen LogP contribution in [-0.4, -0.2) is 13.1 Å². The summed E-state index contributed by atoms with van der Waals surface area (Å²) in [7, 11) is 1.05. The Morgan fingerprint density at radius 3 is 2.11 bits per heavy atom. The number of carbonyl (C=O) groups excluding carboxylic acids is 1. The van der Waals surface area contributed by atoms with E-state index in [9.17, 15) is 22.4 Å². The van der Waals surface area contributed by atoms with Gasteiger partial charge in [-0.2, -0.15) is 0 Å². The van der Waals surface area contributed by atoms with Crippen LogP contribution in [0.4, 0.5) is 17.6 Å². The average Bonchev–Trinajstić information content (AvgIpc) is 2.26. The molecular formula is C10H10ClF4NO2. The van der Waals surface area contributed by atoms with E-state index < -0.39 is 47.3 Å². The van der Waals surface area contributed by atoms with Gasteiger partial charge in [0.25, 0.3) is 0 Å². The molecule has 0 saturated heterocycles. The quantitative estimate of drug-likeness (QED) is 0.527. The molecule has 0 aromatic heterocycles. The zero-order valence-corrected chi connectivity index (χ0v) is 9.99. The van der Waals surface area contributed by atoms with Crippen molar-refractivity contribution >= 4 is 18.4 Å². The normalized spacial score (nSPS) is 11.7. The molecule has 1 aromatic carbocycles. The van der Waals surface area contributed by atoms with Gasteiger partial charge in [0.2, 0.25) is 0 Å². The SMILES string of the molecule is COC(=O)C[C@H](N)c1c(F)c(F)cc(F)c1F.Cl. The van der Waals surface area contributed by atoms with Crippen molar-refractivity contribution in [3.05, 3.63) is 34.9 Å². The third kappa shape index (κ3) is 3.33. The van der Waals surface area contributed by atoms with E-state index in [1.54, 1.807) is 0 Å². The van der Waals surface area contributed by atoms with Gasteiger partial charge in [-0.1, -0.05) is 0 Å². The van der Waals surface area contributed by atoms with Crippen molar-refractivity contribution in [2.75, 3.05) is 7.11 Å². The van der Waals surface area contributed by atoms with E-state index in [2.05, 4.69) is 4.74 Å². The highest BCUT2D eigenvalue weighted by Gasteiger charge is 2.25. The average molecular weight is 288 g/mol. The van der Waals surface area contributed by atoms with E-state index in [0.717, 1.165) is 7.11 Å². The van der Waals surface area contributed by atoms with Crippen molar-refractivity contribution < 1.29 is 27.1 Å². The maximum absolute atomic E-state index is 13.2. The molecule has 0 spiro atoms. The third-order valence-electron chi connectivity index (χ3n) is 2.13. The molecule has 0 radical (unpaired) electrons. The van der Waals surface area contributed by atoms with Gasteiger partial charge in [0.15, 0.2) is 23.3 Å². The van der Waals surface area contributed by atoms with Crippen LogP contribution in [0.1, 0.15) is 18.0 Å². The number of esters is 1. The molecule has 0 heterocycles. The van der Waals surface area contributed by atoms with Crippen molar-refractivity contribution in [2.45, 2.75) is 12.5 Å². The standard InChI is InChI=1S/C10H9F4NO2.ClH/c1-17-7(16)3-6(15)8-9(13)4(11)2-5(12)10(8)14;/h2,6H,3,15H2,1H3;1H/t6-;/m0./s1. The van der Waals surface area contributed by atoms with Gasteiger partial charge in [-0.05, 0) is 0 Å². The minimum absolute atomic E-state index is 0. The lowest BCUT2D eigenvalue weighted by Gasteiger charge is -2.13. The smallest absolute Gasteiger partial charge is 0.307 e. The van der Waals surface area contributed by atoms with Gasteiger partial charge < -0.3 is 10.5 Å². The van der Waals surface area contributed by atoms with Gasteiger partial charge in [0.05, 0.1) is 13.5 Å². The highest BCUT2D eigenvalue weighted by Crippen LogP contribution is 2.25. The van der Waals surface area contributed by atoms with Gasteiger partial charge in [-0.15, -0.1) is 12.4 Å². The number of halogens is 5. The molecule has 8 heteroatoms. The number of methoxy groups -OCH3 is 1. The molecule has 0 saturated carbocycles. The summed E-state index contributed by atoms with van der Waals surface area (Å²) in [6, 6.07) is -1.45. The molecule has 3 nitrogen and oxygen atoms in total. The first-order chi connectivity index (χ1) is 7.88. The van der Waals surface area contributed by atoms with Crippen molar-refractivity contribution in [1.82, 2.24) is 0 Å². The van der Waals surface area contributed by atoms with Gasteiger partial charge in [-0.3, -0.25) is 4.79 Å². The fourth-order valence-corrected chi connectivity index (χ4v) is 1.28. The van der Waals surface area contributed by atoms with E-state index >= 15 is 0 Å². The molecule has 18 heavy (non-hydrogen) atoms. The van der Waals surface area contributed by atoms with Gasteiger partial charge in [-0.25, -0.2) is 17.6 Å². The maximum atomic E-state index is 13.2. The Morgan fingerprint density at radius 1 is 1.28 bits per heavy atom. The van der Waals surface area contributed by atoms with E-state index in [1.165, 1.54) is 0 Å². The summed E-state index contributed by atoms with van der Waals surface area (Å²) in [5, 5.41) is 0. The molecule has 1 atom stereocenters. The first kappa shape index (κ1) is 16.7. The van der Waals surface area contributed by atoms with Crippen LogP contribution in [0.3, 0.4) is 0 Å². The third-order valence-corrected chi connectivity index (χ3v) is 2.13. The Morgan fingerprint density at radius 2 is 1.72 bits per heavy atom. The van der Waals surface area contributed by atoms with Crippen molar-refractivity contribution in [1.29, 1.82) is 0 Å². The maximum Gasteiger partial charge on any atom is 0.307 e. The van der Waals surface area contributed by atoms with Crippen molar-refractivity contribution in [3.8, 4) is 0 Å². The molecule has 2 N–H and O–H groups in total. The van der Waals surface area contributed by atoms with Crippen LogP contribution in [-0.2, 0) is 9.53 Å². The number of carbonyl (C=O) groups is 1. The number of nitrogens with two attached hydrogens (primary N) is 1. The highest BCUT2D eigenvalue weighted by atomic mass is 35.5. The lowest BCUT2D eigenvalue weighted by molar-refractivity contribution is -0.141. The predicted molar refractivity (Wildman–Crippen MR) is 57.1 cm³/mol. The van der Waals surface area contributed by atoms with Crippen LogP contribution in [0.15, 0.2) is 6.07 Å². The van der Waals surface area contributed by atoms with Crippen LogP contribution in [0.25, 0.3) is 0 Å². The van der Waals surface area contributed by atoms with Crippen LogP contribution < -0.4 is 5.73 Å². The topological polar surface area (TPSA) is 52.3 Å². The Hall–Kier alpha value is -1.34. The molecule has 1 rings (SSSR count). The summed E-state index contributed by atoms with van der Waals surface area (Å²) in [5.41, 5.74) is 4.29. The molecule has 0 aliphatic carbocycles. The fraction of sp³-hybridized carbons (Fsp3) is 0.300. The van der Waals surface area contributed by atoms with Crippen molar-refractivity contribution in [2.24, 2.45) is 5.73 Å². The number of benzene rings is 1. The predicted octanol–water partition coefficient (Wildman–Crippen LogP) is 2.23. The minimum Gasteiger partial charge on any atom is -0.469 e. The molecule has 1 aromatic rings. The van der Waals surface area contributed by atoms with Crippen LogP contribution in [0, 0.1) is 23.3 Å². The Labute approximate surface area is 106 Å². The van der Waals surface area contributed by atoms with Gasteiger partial charge >= 0.3 is 5.97 Å². The second-order valence-electron chi connectivity index (χ2n) is 3.27. The molecule has 102 valence electrons. The molecule has 0 aliphatic heterocycles. The lowest BCUT2D eigenvalue weighted by Crippen LogP contribution is -2.20. The summed E-state index contributed by atoms with van der Waals surface area (Å²) < 4.78 is 56.4. The monoisotopic (exact) mass is 287 g/mol.